The molecule has 0 aromatic rings. The second kappa shape index (κ2) is 7.66. The number of likely N-dealkylation sites (tertiary alicyclic amines) is 1. The summed E-state index contributed by atoms with van der Waals surface area (Å²) in [5, 5.41) is 12.0. The summed E-state index contributed by atoms with van der Waals surface area (Å²) in [6.07, 6.45) is 7.46. The van der Waals surface area contributed by atoms with Gasteiger partial charge in [0.05, 0.1) is 5.92 Å². The third kappa shape index (κ3) is 4.35. The van der Waals surface area contributed by atoms with Crippen molar-refractivity contribution >= 4 is 12.0 Å². The Kier molecular flexibility index (Phi) is 5.88. The highest BCUT2D eigenvalue weighted by Gasteiger charge is 2.28. The van der Waals surface area contributed by atoms with Crippen molar-refractivity contribution in [2.45, 2.75) is 51.9 Å². The highest BCUT2D eigenvalue weighted by molar-refractivity contribution is 5.75. The van der Waals surface area contributed by atoms with Crippen molar-refractivity contribution in [1.29, 1.82) is 0 Å². The number of carbonyl (C=O) groups excluding carboxylic acids is 1. The predicted molar refractivity (Wildman–Crippen MR) is 81.1 cm³/mol. The molecule has 1 saturated heterocycles. The van der Waals surface area contributed by atoms with Crippen LogP contribution >= 0.6 is 0 Å². The number of nitrogens with one attached hydrogen (secondary N) is 1. The first-order chi connectivity index (χ1) is 10.1. The second-order valence-corrected chi connectivity index (χ2v) is 6.50. The summed E-state index contributed by atoms with van der Waals surface area (Å²) in [4.78, 5) is 24.9. The lowest BCUT2D eigenvalue weighted by Crippen LogP contribution is -2.47. The van der Waals surface area contributed by atoms with Gasteiger partial charge in [0.1, 0.15) is 0 Å². The predicted octanol–water partition coefficient (Wildman–Crippen LogP) is 2.71. The van der Waals surface area contributed by atoms with Gasteiger partial charge in [0.25, 0.3) is 0 Å². The molecule has 2 atom stereocenters. The standard InChI is InChI=1S/C16H28N2O3/c1-2-12-5-3-4-6-14(12)11-17-16(21)18-9-7-13(8-10-18)15(19)20/h12-14H,2-11H2,1H3,(H,17,21)(H,19,20). The zero-order valence-electron chi connectivity index (χ0n) is 13.0. The van der Waals surface area contributed by atoms with Crippen molar-refractivity contribution in [1.82, 2.24) is 10.2 Å². The molecule has 1 aliphatic carbocycles. The maximum Gasteiger partial charge on any atom is 0.317 e. The van der Waals surface area contributed by atoms with E-state index in [2.05, 4.69) is 12.2 Å². The van der Waals surface area contributed by atoms with E-state index in [1.165, 1.54) is 32.1 Å². The second-order valence-electron chi connectivity index (χ2n) is 6.50. The van der Waals surface area contributed by atoms with E-state index in [4.69, 9.17) is 5.11 Å². The SMILES string of the molecule is CCC1CCCCC1CNC(=O)N1CCC(C(=O)O)CC1. The van der Waals surface area contributed by atoms with Crippen LogP contribution in [0, 0.1) is 17.8 Å². The van der Waals surface area contributed by atoms with E-state index in [0.717, 1.165) is 12.5 Å². The summed E-state index contributed by atoms with van der Waals surface area (Å²) < 4.78 is 0. The van der Waals surface area contributed by atoms with Gasteiger partial charge in [-0.1, -0.05) is 32.6 Å². The first-order valence-electron chi connectivity index (χ1n) is 8.37. The van der Waals surface area contributed by atoms with Crippen LogP contribution in [0.15, 0.2) is 0 Å². The molecule has 2 fully saturated rings. The molecule has 2 unspecified atom stereocenters. The van der Waals surface area contributed by atoms with Crippen LogP contribution in [0.25, 0.3) is 0 Å². The summed E-state index contributed by atoms with van der Waals surface area (Å²) in [7, 11) is 0. The minimum absolute atomic E-state index is 0.0146. The molecule has 1 heterocycles. The lowest BCUT2D eigenvalue weighted by atomic mass is 9.78. The first kappa shape index (κ1) is 16.1. The molecule has 2 N–H and O–H groups in total. The summed E-state index contributed by atoms with van der Waals surface area (Å²) in [6, 6.07) is -0.0146. The fourth-order valence-electron chi connectivity index (χ4n) is 3.75. The van der Waals surface area contributed by atoms with E-state index in [1.54, 1.807) is 4.90 Å². The number of nitrogens with zero attached hydrogens (tertiary/aromatic N) is 1. The van der Waals surface area contributed by atoms with Gasteiger partial charge in [0.2, 0.25) is 0 Å². The molecule has 2 aliphatic rings. The number of amides is 2. The van der Waals surface area contributed by atoms with Gasteiger partial charge >= 0.3 is 12.0 Å². The van der Waals surface area contributed by atoms with Gasteiger partial charge in [0, 0.05) is 19.6 Å². The van der Waals surface area contributed by atoms with E-state index in [9.17, 15) is 9.59 Å². The average molecular weight is 296 g/mol. The number of hydrogen-bond donors (Lipinski definition) is 2. The number of carboxylic acid groups (broad SMARTS) is 1. The smallest absolute Gasteiger partial charge is 0.317 e. The van der Waals surface area contributed by atoms with Crippen molar-refractivity contribution in [3.63, 3.8) is 0 Å². The quantitative estimate of drug-likeness (QED) is 0.838. The van der Waals surface area contributed by atoms with Crippen molar-refractivity contribution in [3.8, 4) is 0 Å². The van der Waals surface area contributed by atoms with E-state index in [0.29, 0.717) is 31.8 Å². The molecule has 120 valence electrons. The Labute approximate surface area is 127 Å². The van der Waals surface area contributed by atoms with E-state index in [-0.39, 0.29) is 11.9 Å². The summed E-state index contributed by atoms with van der Waals surface area (Å²) in [5.74, 6) is 0.348. The third-order valence-electron chi connectivity index (χ3n) is 5.24. The van der Waals surface area contributed by atoms with Gasteiger partial charge in [-0.2, -0.15) is 0 Å². The maximum atomic E-state index is 12.2. The summed E-state index contributed by atoms with van der Waals surface area (Å²) >= 11 is 0. The monoisotopic (exact) mass is 296 g/mol. The molecule has 5 nitrogen and oxygen atoms in total. The zero-order chi connectivity index (χ0) is 15.2. The Bertz CT molecular complexity index is 365. The van der Waals surface area contributed by atoms with Crippen molar-refractivity contribution < 1.29 is 14.7 Å². The van der Waals surface area contributed by atoms with Crippen molar-refractivity contribution in [2.24, 2.45) is 17.8 Å². The minimum atomic E-state index is -0.733. The van der Waals surface area contributed by atoms with E-state index >= 15 is 0 Å². The normalized spacial score (nSPS) is 27.4. The number of hydrogen-bond acceptors (Lipinski definition) is 2. The Hall–Kier alpha value is -1.26. The highest BCUT2D eigenvalue weighted by atomic mass is 16.4. The van der Waals surface area contributed by atoms with Gasteiger partial charge in [-0.25, -0.2) is 4.79 Å². The molecule has 5 heteroatoms. The van der Waals surface area contributed by atoms with Crippen LogP contribution < -0.4 is 5.32 Å². The fourth-order valence-corrected chi connectivity index (χ4v) is 3.75. The van der Waals surface area contributed by atoms with E-state index in [1.807, 2.05) is 0 Å². The Balaban J connectivity index is 1.73. The van der Waals surface area contributed by atoms with Crippen molar-refractivity contribution in [3.05, 3.63) is 0 Å². The largest absolute Gasteiger partial charge is 0.481 e. The number of piperidine rings is 1. The molecule has 21 heavy (non-hydrogen) atoms. The summed E-state index contributed by atoms with van der Waals surface area (Å²) in [5.41, 5.74) is 0. The van der Waals surface area contributed by atoms with Crippen LogP contribution in [0.5, 0.6) is 0 Å². The van der Waals surface area contributed by atoms with Crippen molar-refractivity contribution in [2.75, 3.05) is 19.6 Å². The van der Waals surface area contributed by atoms with Gasteiger partial charge in [-0.05, 0) is 31.1 Å². The zero-order valence-corrected chi connectivity index (χ0v) is 13.0. The Morgan fingerprint density at radius 2 is 1.71 bits per heavy atom. The minimum Gasteiger partial charge on any atom is -0.481 e. The van der Waals surface area contributed by atoms with Crippen LogP contribution in [0.3, 0.4) is 0 Å². The van der Waals surface area contributed by atoms with Crippen LogP contribution in [0.1, 0.15) is 51.9 Å². The Morgan fingerprint density at radius 3 is 2.29 bits per heavy atom. The number of rotatable bonds is 4. The third-order valence-corrected chi connectivity index (χ3v) is 5.24. The number of carbonyl (C=O) groups is 2. The topological polar surface area (TPSA) is 69.6 Å². The summed E-state index contributed by atoms with van der Waals surface area (Å²) in [6.45, 7) is 4.13. The van der Waals surface area contributed by atoms with E-state index < -0.39 is 5.97 Å². The van der Waals surface area contributed by atoms with Gasteiger partial charge in [0.15, 0.2) is 0 Å². The average Bonchev–Trinajstić information content (AvgIpc) is 2.52. The number of urea groups is 1. The lowest BCUT2D eigenvalue weighted by Gasteiger charge is -2.33. The molecular formula is C16H28N2O3. The molecule has 2 rings (SSSR count). The van der Waals surface area contributed by atoms with Gasteiger partial charge in [-0.3, -0.25) is 4.79 Å². The Morgan fingerprint density at radius 1 is 1.10 bits per heavy atom. The number of aliphatic carboxylic acids is 1. The fraction of sp³-hybridized carbons (Fsp3) is 0.875. The number of carboxylic acids is 1. The van der Waals surface area contributed by atoms with Crippen LogP contribution in [-0.4, -0.2) is 41.6 Å². The molecular weight excluding hydrogens is 268 g/mol. The lowest BCUT2D eigenvalue weighted by molar-refractivity contribution is -0.143. The molecule has 1 saturated carbocycles. The van der Waals surface area contributed by atoms with Gasteiger partial charge < -0.3 is 15.3 Å². The molecule has 0 bridgehead atoms. The maximum absolute atomic E-state index is 12.2. The molecule has 1 aliphatic heterocycles. The molecule has 2 amide bonds. The van der Waals surface area contributed by atoms with Gasteiger partial charge in [-0.15, -0.1) is 0 Å². The molecule has 0 radical (unpaired) electrons. The highest BCUT2D eigenvalue weighted by Crippen LogP contribution is 2.31. The molecule has 0 spiro atoms. The molecule has 0 aromatic carbocycles. The molecule has 0 aromatic heterocycles. The van der Waals surface area contributed by atoms with Crippen LogP contribution in [-0.2, 0) is 4.79 Å². The van der Waals surface area contributed by atoms with Crippen LogP contribution in [0.4, 0.5) is 4.79 Å². The first-order valence-corrected chi connectivity index (χ1v) is 8.37. The van der Waals surface area contributed by atoms with Crippen LogP contribution in [0.2, 0.25) is 0 Å².